The first kappa shape index (κ1) is 20.5. The van der Waals surface area contributed by atoms with Crippen molar-refractivity contribution in [1.82, 2.24) is 30.3 Å². The number of rotatable bonds is 6. The minimum atomic E-state index is -0.242. The van der Waals surface area contributed by atoms with Crippen LogP contribution in [-0.4, -0.2) is 82.2 Å². The molecule has 2 atom stereocenters. The minimum Gasteiger partial charge on any atom is -0.379 e. The quantitative estimate of drug-likeness (QED) is 0.731. The standard InChI is InChI=1S/C21H28N6O3/c1-15-22-20(25-24-15)18-13-17(23-21(29)16-5-3-2-4-6-16)14-27(18)19(28)7-8-26-9-11-30-12-10-26/h2-6,17-18H,7-14H2,1H3,(H,23,29)(H,22,24,25)/t17-,18-/m0/s1. The number of morpholine rings is 1. The second-order valence-electron chi connectivity index (χ2n) is 7.82. The summed E-state index contributed by atoms with van der Waals surface area (Å²) in [6.07, 6.45) is 1.03. The number of aromatic nitrogens is 3. The number of nitrogens with zero attached hydrogens (tertiary/aromatic N) is 4. The third-order valence-corrected chi connectivity index (χ3v) is 5.65. The molecule has 9 nitrogen and oxygen atoms in total. The molecule has 0 bridgehead atoms. The van der Waals surface area contributed by atoms with Crippen molar-refractivity contribution in [1.29, 1.82) is 0 Å². The molecule has 2 saturated heterocycles. The van der Waals surface area contributed by atoms with Crippen LogP contribution in [0, 0.1) is 6.92 Å². The van der Waals surface area contributed by atoms with Crippen molar-refractivity contribution >= 4 is 11.8 Å². The van der Waals surface area contributed by atoms with Gasteiger partial charge in [-0.05, 0) is 25.5 Å². The van der Waals surface area contributed by atoms with Crippen molar-refractivity contribution in [2.45, 2.75) is 31.8 Å². The number of ether oxygens (including phenoxy) is 1. The van der Waals surface area contributed by atoms with E-state index in [1.54, 1.807) is 12.1 Å². The van der Waals surface area contributed by atoms with E-state index in [0.29, 0.717) is 56.4 Å². The van der Waals surface area contributed by atoms with Crippen molar-refractivity contribution < 1.29 is 14.3 Å². The summed E-state index contributed by atoms with van der Waals surface area (Å²) in [6, 6.07) is 8.73. The van der Waals surface area contributed by atoms with Gasteiger partial charge in [-0.1, -0.05) is 18.2 Å². The number of aromatic amines is 1. The highest BCUT2D eigenvalue weighted by Crippen LogP contribution is 2.31. The summed E-state index contributed by atoms with van der Waals surface area (Å²) in [7, 11) is 0. The second-order valence-corrected chi connectivity index (χ2v) is 7.82. The Morgan fingerprint density at radius 3 is 2.70 bits per heavy atom. The van der Waals surface area contributed by atoms with E-state index < -0.39 is 0 Å². The lowest BCUT2D eigenvalue weighted by molar-refractivity contribution is -0.133. The van der Waals surface area contributed by atoms with Crippen LogP contribution in [0.5, 0.6) is 0 Å². The van der Waals surface area contributed by atoms with Crippen LogP contribution in [0.4, 0.5) is 0 Å². The van der Waals surface area contributed by atoms with Crippen LogP contribution in [0.1, 0.15) is 40.9 Å². The van der Waals surface area contributed by atoms with Crippen molar-refractivity contribution in [3.8, 4) is 0 Å². The Bertz CT molecular complexity index is 865. The Kier molecular flexibility index (Phi) is 6.39. The zero-order valence-electron chi connectivity index (χ0n) is 17.2. The molecule has 0 aliphatic carbocycles. The van der Waals surface area contributed by atoms with Gasteiger partial charge < -0.3 is 15.0 Å². The summed E-state index contributed by atoms with van der Waals surface area (Å²) in [4.78, 5) is 34.2. The van der Waals surface area contributed by atoms with Gasteiger partial charge in [0.05, 0.1) is 19.3 Å². The van der Waals surface area contributed by atoms with Crippen LogP contribution in [-0.2, 0) is 9.53 Å². The molecule has 2 aliphatic rings. The van der Waals surface area contributed by atoms with Gasteiger partial charge in [-0.15, -0.1) is 0 Å². The number of aryl methyl sites for hydroxylation is 1. The largest absolute Gasteiger partial charge is 0.379 e. The van der Waals surface area contributed by atoms with Crippen molar-refractivity contribution in [2.24, 2.45) is 0 Å². The van der Waals surface area contributed by atoms with E-state index >= 15 is 0 Å². The molecule has 2 aromatic rings. The normalized spacial score (nSPS) is 22.2. The summed E-state index contributed by atoms with van der Waals surface area (Å²) >= 11 is 0. The lowest BCUT2D eigenvalue weighted by atomic mass is 10.1. The van der Waals surface area contributed by atoms with Gasteiger partial charge in [0.2, 0.25) is 5.91 Å². The number of hydrogen-bond acceptors (Lipinski definition) is 6. The number of H-pyrrole nitrogens is 1. The number of carbonyl (C=O) groups is 2. The molecule has 9 heteroatoms. The Morgan fingerprint density at radius 1 is 1.23 bits per heavy atom. The van der Waals surface area contributed by atoms with E-state index in [2.05, 4.69) is 25.4 Å². The van der Waals surface area contributed by atoms with E-state index in [4.69, 9.17) is 4.74 Å². The van der Waals surface area contributed by atoms with E-state index in [-0.39, 0.29) is 23.9 Å². The van der Waals surface area contributed by atoms with Gasteiger partial charge in [0.1, 0.15) is 5.82 Å². The Labute approximate surface area is 175 Å². The first-order chi connectivity index (χ1) is 14.6. The molecule has 2 aliphatic heterocycles. The SMILES string of the molecule is Cc1nc([C@@H]2C[C@H](NC(=O)c3ccccc3)CN2C(=O)CCN2CCOCC2)n[nH]1. The van der Waals surface area contributed by atoms with Crippen molar-refractivity contribution in [3.05, 3.63) is 47.5 Å². The fourth-order valence-electron chi connectivity index (χ4n) is 4.05. The molecular formula is C21H28N6O3. The molecule has 0 saturated carbocycles. The third-order valence-electron chi connectivity index (χ3n) is 5.65. The van der Waals surface area contributed by atoms with E-state index in [9.17, 15) is 9.59 Å². The number of carbonyl (C=O) groups excluding carboxylic acids is 2. The number of benzene rings is 1. The summed E-state index contributed by atoms with van der Waals surface area (Å²) in [5.41, 5.74) is 0.611. The molecular weight excluding hydrogens is 384 g/mol. The Hall–Kier alpha value is -2.78. The van der Waals surface area contributed by atoms with Gasteiger partial charge in [-0.3, -0.25) is 19.6 Å². The maximum Gasteiger partial charge on any atom is 0.251 e. The lowest BCUT2D eigenvalue weighted by Crippen LogP contribution is -2.41. The smallest absolute Gasteiger partial charge is 0.251 e. The van der Waals surface area contributed by atoms with Gasteiger partial charge >= 0.3 is 0 Å². The molecule has 2 fully saturated rings. The van der Waals surface area contributed by atoms with Crippen LogP contribution in [0.2, 0.25) is 0 Å². The van der Waals surface area contributed by atoms with Crippen LogP contribution in [0.3, 0.4) is 0 Å². The molecule has 0 radical (unpaired) electrons. The maximum atomic E-state index is 13.1. The molecule has 0 unspecified atom stereocenters. The van der Waals surface area contributed by atoms with Crippen LogP contribution in [0.25, 0.3) is 0 Å². The van der Waals surface area contributed by atoms with E-state index in [1.807, 2.05) is 30.0 Å². The highest BCUT2D eigenvalue weighted by atomic mass is 16.5. The molecule has 4 rings (SSSR count). The van der Waals surface area contributed by atoms with E-state index in [1.165, 1.54) is 0 Å². The monoisotopic (exact) mass is 412 g/mol. The summed E-state index contributed by atoms with van der Waals surface area (Å²) < 4.78 is 5.37. The first-order valence-corrected chi connectivity index (χ1v) is 10.4. The fourth-order valence-corrected chi connectivity index (χ4v) is 4.05. The molecule has 160 valence electrons. The maximum absolute atomic E-state index is 13.1. The van der Waals surface area contributed by atoms with Gasteiger partial charge in [-0.2, -0.15) is 5.10 Å². The molecule has 0 spiro atoms. The van der Waals surface area contributed by atoms with E-state index in [0.717, 1.165) is 13.1 Å². The Morgan fingerprint density at radius 2 is 2.00 bits per heavy atom. The lowest BCUT2D eigenvalue weighted by Gasteiger charge is -2.28. The average Bonchev–Trinajstić information content (AvgIpc) is 3.39. The highest BCUT2D eigenvalue weighted by Gasteiger charge is 2.39. The van der Waals surface area contributed by atoms with Crippen LogP contribution in [0.15, 0.2) is 30.3 Å². The van der Waals surface area contributed by atoms with Gasteiger partial charge in [0, 0.05) is 44.2 Å². The van der Waals surface area contributed by atoms with Gasteiger partial charge in [0.25, 0.3) is 5.91 Å². The number of likely N-dealkylation sites (tertiary alicyclic amines) is 1. The first-order valence-electron chi connectivity index (χ1n) is 10.4. The zero-order valence-corrected chi connectivity index (χ0v) is 17.2. The molecule has 3 heterocycles. The average molecular weight is 412 g/mol. The number of hydrogen-bond donors (Lipinski definition) is 2. The van der Waals surface area contributed by atoms with Crippen molar-refractivity contribution in [3.63, 3.8) is 0 Å². The van der Waals surface area contributed by atoms with Crippen molar-refractivity contribution in [2.75, 3.05) is 39.4 Å². The van der Waals surface area contributed by atoms with Gasteiger partial charge in [-0.25, -0.2) is 4.98 Å². The molecule has 30 heavy (non-hydrogen) atoms. The summed E-state index contributed by atoms with van der Waals surface area (Å²) in [6.45, 7) is 6.14. The predicted molar refractivity (Wildman–Crippen MR) is 110 cm³/mol. The predicted octanol–water partition coefficient (Wildman–Crippen LogP) is 0.907. The van der Waals surface area contributed by atoms with Crippen LogP contribution < -0.4 is 5.32 Å². The molecule has 1 aromatic carbocycles. The second kappa shape index (κ2) is 9.36. The fraction of sp³-hybridized carbons (Fsp3) is 0.524. The third kappa shape index (κ3) is 4.85. The summed E-state index contributed by atoms with van der Waals surface area (Å²) in [5.74, 6) is 1.24. The summed E-state index contributed by atoms with van der Waals surface area (Å²) in [5, 5.41) is 10.2. The molecule has 2 N–H and O–H groups in total. The topological polar surface area (TPSA) is 103 Å². The highest BCUT2D eigenvalue weighted by molar-refractivity contribution is 5.94. The van der Waals surface area contributed by atoms with Crippen LogP contribution >= 0.6 is 0 Å². The number of nitrogens with one attached hydrogen (secondary N) is 2. The molecule has 1 aromatic heterocycles. The minimum absolute atomic E-state index is 0.0606. The van der Waals surface area contributed by atoms with Gasteiger partial charge in [0.15, 0.2) is 5.82 Å². The molecule has 2 amide bonds. The zero-order chi connectivity index (χ0) is 20.9. The Balaban J connectivity index is 1.42. The number of amides is 2.